The summed E-state index contributed by atoms with van der Waals surface area (Å²) >= 11 is 0. The molecular weight excluding hydrogens is 226 g/mol. The molecule has 1 fully saturated rings. The first kappa shape index (κ1) is 15.2. The summed E-state index contributed by atoms with van der Waals surface area (Å²) < 4.78 is 0. The van der Waals surface area contributed by atoms with E-state index in [1.54, 1.807) is 6.08 Å². The van der Waals surface area contributed by atoms with Gasteiger partial charge in [0.15, 0.2) is 0 Å². The molecule has 18 heavy (non-hydrogen) atoms. The number of nitrogens with zero attached hydrogens (tertiary/aromatic N) is 2. The molecule has 1 N–H and O–H groups in total. The van der Waals surface area contributed by atoms with Gasteiger partial charge in [-0.15, -0.1) is 0 Å². The zero-order chi connectivity index (χ0) is 13.6. The molecule has 4 heteroatoms. The molecule has 4 nitrogen and oxygen atoms in total. The van der Waals surface area contributed by atoms with Crippen molar-refractivity contribution < 1.29 is 4.79 Å². The van der Waals surface area contributed by atoms with E-state index in [2.05, 4.69) is 22.0 Å². The number of nitrogens with one attached hydrogen (secondary N) is 1. The Morgan fingerprint density at radius 3 is 2.22 bits per heavy atom. The molecule has 1 aliphatic rings. The highest BCUT2D eigenvalue weighted by atomic mass is 16.1. The first-order valence-electron chi connectivity index (χ1n) is 6.84. The lowest BCUT2D eigenvalue weighted by atomic mass is 10.1. The van der Waals surface area contributed by atoms with Crippen LogP contribution in [0, 0.1) is 0 Å². The van der Waals surface area contributed by atoms with Gasteiger partial charge in [-0.3, -0.25) is 9.69 Å². The Bertz CT molecular complexity index is 286. The topological polar surface area (TPSA) is 35.6 Å². The second-order valence-corrected chi connectivity index (χ2v) is 5.88. The molecule has 0 atom stereocenters. The Labute approximate surface area is 111 Å². The van der Waals surface area contributed by atoms with Gasteiger partial charge in [0.1, 0.15) is 0 Å². The SMILES string of the molecule is CCN1CCN(C/C=C/C(=O)NC(C)(C)C)CC1. The van der Waals surface area contributed by atoms with Gasteiger partial charge in [-0.05, 0) is 27.3 Å². The van der Waals surface area contributed by atoms with Crippen LogP contribution in [0.5, 0.6) is 0 Å². The van der Waals surface area contributed by atoms with E-state index in [9.17, 15) is 4.79 Å². The summed E-state index contributed by atoms with van der Waals surface area (Å²) in [5.41, 5.74) is -0.159. The molecule has 0 aromatic carbocycles. The Morgan fingerprint density at radius 2 is 1.72 bits per heavy atom. The van der Waals surface area contributed by atoms with Crippen LogP contribution in [0.4, 0.5) is 0 Å². The van der Waals surface area contributed by atoms with Crippen molar-refractivity contribution in [3.63, 3.8) is 0 Å². The van der Waals surface area contributed by atoms with Crippen LogP contribution in [0.25, 0.3) is 0 Å². The molecule has 0 aliphatic carbocycles. The summed E-state index contributed by atoms with van der Waals surface area (Å²) in [5, 5.41) is 2.92. The van der Waals surface area contributed by atoms with Crippen LogP contribution in [0.1, 0.15) is 27.7 Å². The van der Waals surface area contributed by atoms with Gasteiger partial charge in [0.25, 0.3) is 0 Å². The molecule has 1 heterocycles. The van der Waals surface area contributed by atoms with Crippen LogP contribution in [0.2, 0.25) is 0 Å². The average molecular weight is 253 g/mol. The van der Waals surface area contributed by atoms with Crippen molar-refractivity contribution in [1.29, 1.82) is 0 Å². The van der Waals surface area contributed by atoms with E-state index in [0.29, 0.717) is 0 Å². The van der Waals surface area contributed by atoms with Crippen molar-refractivity contribution in [1.82, 2.24) is 15.1 Å². The Balaban J connectivity index is 2.23. The van der Waals surface area contributed by atoms with Crippen LogP contribution < -0.4 is 5.32 Å². The molecule has 0 aromatic rings. The van der Waals surface area contributed by atoms with Gasteiger partial charge in [-0.1, -0.05) is 13.0 Å². The predicted molar refractivity (Wildman–Crippen MR) is 75.6 cm³/mol. The number of hydrogen-bond donors (Lipinski definition) is 1. The van der Waals surface area contributed by atoms with E-state index < -0.39 is 0 Å². The Morgan fingerprint density at radius 1 is 1.17 bits per heavy atom. The van der Waals surface area contributed by atoms with Gasteiger partial charge in [-0.2, -0.15) is 0 Å². The maximum atomic E-state index is 11.6. The van der Waals surface area contributed by atoms with Gasteiger partial charge in [-0.25, -0.2) is 0 Å². The fourth-order valence-electron chi connectivity index (χ4n) is 2.01. The van der Waals surface area contributed by atoms with E-state index in [-0.39, 0.29) is 11.4 Å². The zero-order valence-corrected chi connectivity index (χ0v) is 12.2. The highest BCUT2D eigenvalue weighted by Gasteiger charge is 2.14. The van der Waals surface area contributed by atoms with E-state index >= 15 is 0 Å². The average Bonchev–Trinajstić information content (AvgIpc) is 2.27. The summed E-state index contributed by atoms with van der Waals surface area (Å²) in [6, 6.07) is 0. The zero-order valence-electron chi connectivity index (χ0n) is 12.2. The standard InChI is InChI=1S/C14H27N3O/c1-5-16-9-11-17(12-10-16)8-6-7-13(18)15-14(2,3)4/h6-7H,5,8-12H2,1-4H3,(H,15,18)/b7-6+. The largest absolute Gasteiger partial charge is 0.348 e. The Kier molecular flexibility index (Phi) is 5.82. The van der Waals surface area contributed by atoms with Crippen molar-refractivity contribution in [3.8, 4) is 0 Å². The number of piperazine rings is 1. The van der Waals surface area contributed by atoms with E-state index in [1.165, 1.54) is 0 Å². The fraction of sp³-hybridized carbons (Fsp3) is 0.786. The highest BCUT2D eigenvalue weighted by molar-refractivity contribution is 5.87. The van der Waals surface area contributed by atoms with Crippen LogP contribution in [0.3, 0.4) is 0 Å². The van der Waals surface area contributed by atoms with Gasteiger partial charge in [0, 0.05) is 44.3 Å². The minimum atomic E-state index is -0.159. The summed E-state index contributed by atoms with van der Waals surface area (Å²) in [5.74, 6) is -0.00491. The van der Waals surface area contributed by atoms with E-state index in [1.807, 2.05) is 26.8 Å². The molecule has 104 valence electrons. The minimum Gasteiger partial charge on any atom is -0.348 e. The number of likely N-dealkylation sites (N-methyl/N-ethyl adjacent to an activating group) is 1. The van der Waals surface area contributed by atoms with E-state index in [4.69, 9.17) is 0 Å². The second-order valence-electron chi connectivity index (χ2n) is 5.88. The molecule has 0 bridgehead atoms. The molecule has 0 saturated carbocycles. The Hall–Kier alpha value is -0.870. The lowest BCUT2D eigenvalue weighted by molar-refractivity contribution is -0.117. The highest BCUT2D eigenvalue weighted by Crippen LogP contribution is 2.01. The number of amides is 1. The van der Waals surface area contributed by atoms with Crippen LogP contribution in [-0.2, 0) is 4.79 Å². The smallest absolute Gasteiger partial charge is 0.244 e. The summed E-state index contributed by atoms with van der Waals surface area (Å²) in [6.45, 7) is 14.6. The van der Waals surface area contributed by atoms with Crippen LogP contribution in [-0.4, -0.2) is 60.5 Å². The maximum absolute atomic E-state index is 11.6. The minimum absolute atomic E-state index is 0.00491. The maximum Gasteiger partial charge on any atom is 0.244 e. The molecular formula is C14H27N3O. The lowest BCUT2D eigenvalue weighted by Gasteiger charge is -2.33. The lowest BCUT2D eigenvalue weighted by Crippen LogP contribution is -2.46. The molecule has 1 aliphatic heterocycles. The number of carbonyl (C=O) groups excluding carboxylic acids is 1. The monoisotopic (exact) mass is 253 g/mol. The normalized spacial score (nSPS) is 19.3. The van der Waals surface area contributed by atoms with Gasteiger partial charge in [0.2, 0.25) is 5.91 Å². The van der Waals surface area contributed by atoms with Gasteiger partial charge < -0.3 is 10.2 Å². The third-order valence-electron chi connectivity index (χ3n) is 3.04. The van der Waals surface area contributed by atoms with Gasteiger partial charge in [0.05, 0.1) is 0 Å². The molecule has 0 aromatic heterocycles. The molecule has 1 amide bonds. The first-order chi connectivity index (χ1) is 8.40. The third kappa shape index (κ3) is 6.17. The molecule has 1 rings (SSSR count). The summed E-state index contributed by atoms with van der Waals surface area (Å²) in [6.07, 6.45) is 3.61. The molecule has 1 saturated heterocycles. The summed E-state index contributed by atoms with van der Waals surface area (Å²) in [7, 11) is 0. The number of carbonyl (C=O) groups is 1. The second kappa shape index (κ2) is 6.90. The van der Waals surface area contributed by atoms with E-state index in [0.717, 1.165) is 39.3 Å². The molecule has 0 unspecified atom stereocenters. The van der Waals surface area contributed by atoms with Crippen LogP contribution in [0.15, 0.2) is 12.2 Å². The van der Waals surface area contributed by atoms with Crippen molar-refractivity contribution in [2.75, 3.05) is 39.3 Å². The number of rotatable bonds is 4. The fourth-order valence-corrected chi connectivity index (χ4v) is 2.01. The summed E-state index contributed by atoms with van der Waals surface area (Å²) in [4.78, 5) is 16.4. The third-order valence-corrected chi connectivity index (χ3v) is 3.04. The predicted octanol–water partition coefficient (Wildman–Crippen LogP) is 1.09. The van der Waals surface area contributed by atoms with Crippen molar-refractivity contribution in [2.45, 2.75) is 33.2 Å². The van der Waals surface area contributed by atoms with Crippen molar-refractivity contribution in [2.24, 2.45) is 0 Å². The quantitative estimate of drug-likeness (QED) is 0.762. The van der Waals surface area contributed by atoms with Crippen molar-refractivity contribution in [3.05, 3.63) is 12.2 Å². The molecule has 0 spiro atoms. The molecule has 0 radical (unpaired) electrons. The van der Waals surface area contributed by atoms with Crippen molar-refractivity contribution >= 4 is 5.91 Å². The first-order valence-corrected chi connectivity index (χ1v) is 6.84. The van der Waals surface area contributed by atoms with Crippen LogP contribution >= 0.6 is 0 Å². The number of hydrogen-bond acceptors (Lipinski definition) is 3. The van der Waals surface area contributed by atoms with Gasteiger partial charge >= 0.3 is 0 Å².